The van der Waals surface area contributed by atoms with Gasteiger partial charge >= 0.3 is 0 Å². The molecule has 1 atom stereocenters. The molecule has 0 saturated carbocycles. The Kier molecular flexibility index (Phi) is 8.16. The number of non-ortho nitro benzene ring substituents is 1. The van der Waals surface area contributed by atoms with Gasteiger partial charge in [0.05, 0.1) is 11.0 Å². The van der Waals surface area contributed by atoms with Crippen LogP contribution in [0.25, 0.3) is 0 Å². The van der Waals surface area contributed by atoms with Crippen molar-refractivity contribution in [2.45, 2.75) is 58.4 Å². The number of carbonyl (C=O) groups is 1. The summed E-state index contributed by atoms with van der Waals surface area (Å²) in [4.78, 5) is 26.1. The lowest BCUT2D eigenvalue weighted by molar-refractivity contribution is -0.384. The Morgan fingerprint density at radius 2 is 1.39 bits per heavy atom. The Bertz CT molecular complexity index is 1220. The lowest BCUT2D eigenvalue weighted by atomic mass is 10.0. The first-order valence-electron chi connectivity index (χ1n) is 12.7. The zero-order valence-corrected chi connectivity index (χ0v) is 20.9. The van der Waals surface area contributed by atoms with Crippen LogP contribution in [0, 0.1) is 10.1 Å². The van der Waals surface area contributed by atoms with E-state index in [2.05, 4.69) is 43.4 Å². The summed E-state index contributed by atoms with van der Waals surface area (Å²) >= 11 is 0. The van der Waals surface area contributed by atoms with Crippen LogP contribution in [0.4, 0.5) is 17.1 Å². The van der Waals surface area contributed by atoms with Crippen molar-refractivity contribution in [3.63, 3.8) is 0 Å². The maximum absolute atomic E-state index is 13.6. The van der Waals surface area contributed by atoms with Crippen LogP contribution >= 0.6 is 0 Å². The van der Waals surface area contributed by atoms with Crippen LogP contribution in [0.3, 0.4) is 0 Å². The number of nitrogens with one attached hydrogen (secondary N) is 1. The van der Waals surface area contributed by atoms with Crippen LogP contribution in [0.15, 0.2) is 84.6 Å². The summed E-state index contributed by atoms with van der Waals surface area (Å²) in [5.74, 6) is -0.130. The highest BCUT2D eigenvalue weighted by molar-refractivity contribution is 6.11. The van der Waals surface area contributed by atoms with Gasteiger partial charge in [-0.2, -0.15) is 0 Å². The van der Waals surface area contributed by atoms with Crippen molar-refractivity contribution >= 4 is 23.0 Å². The molecule has 0 aliphatic carbocycles. The first-order chi connectivity index (χ1) is 17.5. The van der Waals surface area contributed by atoms with Crippen LogP contribution in [-0.4, -0.2) is 10.8 Å². The first kappa shape index (κ1) is 25.2. The number of nitro groups is 1. The van der Waals surface area contributed by atoms with Crippen molar-refractivity contribution in [1.82, 2.24) is 0 Å². The smallest absolute Gasteiger partial charge is 0.275 e. The van der Waals surface area contributed by atoms with Crippen LogP contribution in [-0.2, 0) is 17.6 Å². The third-order valence-electron chi connectivity index (χ3n) is 6.58. The SMILES string of the molecule is CCCCc1ccc(NC2=CC(c3ccc([N+](=O)[O-])cc3)N(c3ccc(CCCC)cc3)C2=O)cc1. The summed E-state index contributed by atoms with van der Waals surface area (Å²) in [6, 6.07) is 22.4. The number of amides is 1. The minimum atomic E-state index is -0.413. The molecular weight excluding hydrogens is 450 g/mol. The van der Waals surface area contributed by atoms with Crippen LogP contribution < -0.4 is 10.2 Å². The van der Waals surface area contributed by atoms with E-state index in [4.69, 9.17) is 0 Å². The number of aryl methyl sites for hydroxylation is 2. The van der Waals surface area contributed by atoms with Crippen molar-refractivity contribution in [2.75, 3.05) is 10.2 Å². The molecule has 1 heterocycles. The lowest BCUT2D eigenvalue weighted by Gasteiger charge is -2.25. The summed E-state index contributed by atoms with van der Waals surface area (Å²) in [7, 11) is 0. The van der Waals surface area contributed by atoms with Gasteiger partial charge in [0.2, 0.25) is 0 Å². The second kappa shape index (κ2) is 11.7. The summed E-state index contributed by atoms with van der Waals surface area (Å²) in [5.41, 5.74) is 5.52. The van der Waals surface area contributed by atoms with E-state index >= 15 is 0 Å². The molecule has 6 heteroatoms. The third-order valence-corrected chi connectivity index (χ3v) is 6.58. The van der Waals surface area contributed by atoms with Crippen molar-refractivity contribution in [3.8, 4) is 0 Å². The molecule has 3 aromatic carbocycles. The summed E-state index contributed by atoms with van der Waals surface area (Å²) in [5, 5.41) is 14.4. The number of unbranched alkanes of at least 4 members (excludes halogenated alkanes) is 2. The minimum Gasteiger partial charge on any atom is -0.351 e. The van der Waals surface area contributed by atoms with E-state index < -0.39 is 4.92 Å². The van der Waals surface area contributed by atoms with Crippen molar-refractivity contribution in [2.24, 2.45) is 0 Å². The van der Waals surface area contributed by atoms with Gasteiger partial charge in [-0.05, 0) is 84.8 Å². The second-order valence-electron chi connectivity index (χ2n) is 9.24. The second-order valence-corrected chi connectivity index (χ2v) is 9.24. The highest BCUT2D eigenvalue weighted by atomic mass is 16.6. The number of hydrogen-bond acceptors (Lipinski definition) is 4. The summed E-state index contributed by atoms with van der Waals surface area (Å²) in [6.07, 6.45) is 8.52. The van der Waals surface area contributed by atoms with Gasteiger partial charge in [0, 0.05) is 23.5 Å². The number of carbonyl (C=O) groups excluding carboxylic acids is 1. The van der Waals surface area contributed by atoms with Gasteiger partial charge < -0.3 is 5.32 Å². The number of benzene rings is 3. The molecule has 0 bridgehead atoms. The van der Waals surface area contributed by atoms with Gasteiger partial charge in [-0.1, -0.05) is 51.0 Å². The van der Waals surface area contributed by atoms with E-state index in [9.17, 15) is 14.9 Å². The van der Waals surface area contributed by atoms with Gasteiger partial charge in [0.15, 0.2) is 0 Å². The fraction of sp³-hybridized carbons (Fsp3) is 0.300. The normalized spacial score (nSPS) is 15.2. The van der Waals surface area contributed by atoms with E-state index in [0.717, 1.165) is 55.5 Å². The zero-order valence-electron chi connectivity index (χ0n) is 20.9. The predicted molar refractivity (Wildman–Crippen MR) is 145 cm³/mol. The quantitative estimate of drug-likeness (QED) is 0.228. The number of hydrogen-bond donors (Lipinski definition) is 1. The monoisotopic (exact) mass is 483 g/mol. The van der Waals surface area contributed by atoms with Gasteiger partial charge in [-0.25, -0.2) is 0 Å². The summed E-state index contributed by atoms with van der Waals surface area (Å²) < 4.78 is 0. The number of anilines is 2. The molecule has 1 amide bonds. The van der Waals surface area contributed by atoms with Crippen molar-refractivity contribution < 1.29 is 9.72 Å². The van der Waals surface area contributed by atoms with Gasteiger partial charge in [0.1, 0.15) is 5.70 Å². The Hall–Kier alpha value is -3.93. The van der Waals surface area contributed by atoms with E-state index in [1.165, 1.54) is 23.3 Å². The molecule has 36 heavy (non-hydrogen) atoms. The molecule has 0 saturated heterocycles. The molecule has 0 spiro atoms. The van der Waals surface area contributed by atoms with Gasteiger partial charge in [-0.3, -0.25) is 19.8 Å². The van der Waals surface area contributed by atoms with Crippen LogP contribution in [0.5, 0.6) is 0 Å². The van der Waals surface area contributed by atoms with Crippen molar-refractivity contribution in [3.05, 3.63) is 111 Å². The molecule has 0 radical (unpaired) electrons. The zero-order chi connectivity index (χ0) is 25.5. The number of nitro benzene ring substituents is 1. The molecule has 0 aromatic heterocycles. The number of rotatable bonds is 11. The number of nitrogens with zero attached hydrogens (tertiary/aromatic N) is 2. The van der Waals surface area contributed by atoms with E-state index in [1.807, 2.05) is 30.3 Å². The fourth-order valence-corrected chi connectivity index (χ4v) is 4.47. The van der Waals surface area contributed by atoms with E-state index in [1.54, 1.807) is 17.0 Å². The van der Waals surface area contributed by atoms with Gasteiger partial charge in [0.25, 0.3) is 11.6 Å². The molecule has 6 nitrogen and oxygen atoms in total. The Morgan fingerprint density at radius 1 is 0.833 bits per heavy atom. The van der Waals surface area contributed by atoms with Gasteiger partial charge in [-0.15, -0.1) is 0 Å². The average Bonchev–Trinajstić information content (AvgIpc) is 3.23. The predicted octanol–water partition coefficient (Wildman–Crippen LogP) is 7.36. The molecule has 1 unspecified atom stereocenters. The van der Waals surface area contributed by atoms with Crippen LogP contribution in [0.1, 0.15) is 62.3 Å². The van der Waals surface area contributed by atoms with E-state index in [0.29, 0.717) is 5.70 Å². The molecule has 1 aliphatic heterocycles. The molecule has 0 fully saturated rings. The Morgan fingerprint density at radius 3 is 1.92 bits per heavy atom. The molecule has 3 aromatic rings. The largest absolute Gasteiger partial charge is 0.351 e. The molecule has 1 aliphatic rings. The molecule has 4 rings (SSSR count). The first-order valence-corrected chi connectivity index (χ1v) is 12.7. The molecular formula is C30H33N3O3. The maximum Gasteiger partial charge on any atom is 0.275 e. The average molecular weight is 484 g/mol. The fourth-order valence-electron chi connectivity index (χ4n) is 4.47. The lowest BCUT2D eigenvalue weighted by Crippen LogP contribution is -2.30. The van der Waals surface area contributed by atoms with E-state index in [-0.39, 0.29) is 17.6 Å². The maximum atomic E-state index is 13.6. The highest BCUT2D eigenvalue weighted by Gasteiger charge is 2.35. The standard InChI is InChI=1S/C30H33N3O3/c1-3-5-7-22-9-15-25(16-10-22)31-28-21-29(24-13-19-27(20-14-24)33(35)36)32(30(28)34)26-17-11-23(12-18-26)8-6-4-2/h9-21,29,31H,3-8H2,1-2H3. The highest BCUT2D eigenvalue weighted by Crippen LogP contribution is 2.37. The third kappa shape index (κ3) is 5.82. The topological polar surface area (TPSA) is 75.5 Å². The van der Waals surface area contributed by atoms with Crippen molar-refractivity contribution in [1.29, 1.82) is 0 Å². The Labute approximate surface area is 212 Å². The molecule has 186 valence electrons. The minimum absolute atomic E-state index is 0.0281. The summed E-state index contributed by atoms with van der Waals surface area (Å²) in [6.45, 7) is 4.35. The van der Waals surface area contributed by atoms with Crippen LogP contribution in [0.2, 0.25) is 0 Å². The molecule has 1 N–H and O–H groups in total. The Balaban J connectivity index is 1.62.